The minimum atomic E-state index is -1.87. The first-order valence-corrected chi connectivity index (χ1v) is 20.1. The van der Waals surface area contributed by atoms with Crippen LogP contribution in [0.5, 0.6) is 0 Å². The van der Waals surface area contributed by atoms with Gasteiger partial charge in [-0.05, 0) is 91.9 Å². The average molecular weight is 767 g/mol. The van der Waals surface area contributed by atoms with E-state index in [0.29, 0.717) is 19.3 Å². The van der Waals surface area contributed by atoms with Gasteiger partial charge in [0.25, 0.3) is 0 Å². The summed E-state index contributed by atoms with van der Waals surface area (Å²) in [6.45, 7) is 12.1. The van der Waals surface area contributed by atoms with E-state index in [1.54, 1.807) is 0 Å². The van der Waals surface area contributed by atoms with E-state index in [1.807, 2.05) is 13.8 Å². The monoisotopic (exact) mass is 766 g/mol. The van der Waals surface area contributed by atoms with Crippen molar-refractivity contribution in [2.24, 2.45) is 52.3 Å². The van der Waals surface area contributed by atoms with Crippen molar-refractivity contribution in [3.63, 3.8) is 0 Å². The van der Waals surface area contributed by atoms with Crippen molar-refractivity contribution in [2.75, 3.05) is 6.61 Å². The molecule has 4 aliphatic carbocycles. The number of hydrogen-bond donors (Lipinski definition) is 7. The van der Waals surface area contributed by atoms with E-state index in [9.17, 15) is 50.1 Å². The fourth-order valence-corrected chi connectivity index (χ4v) is 11.9. The number of aliphatic hydroxyl groups is 6. The van der Waals surface area contributed by atoms with E-state index in [2.05, 4.69) is 27.7 Å². The van der Waals surface area contributed by atoms with Gasteiger partial charge in [0, 0.05) is 23.7 Å². The lowest BCUT2D eigenvalue weighted by Gasteiger charge is -2.60. The summed E-state index contributed by atoms with van der Waals surface area (Å²) < 4.78 is 22.8. The number of ether oxygens (including phenoxy) is 4. The molecule has 3 saturated carbocycles. The first kappa shape index (κ1) is 41.6. The summed E-state index contributed by atoms with van der Waals surface area (Å²) in [5, 5.41) is 73.6. The van der Waals surface area contributed by atoms with Crippen molar-refractivity contribution in [1.82, 2.24) is 0 Å². The molecule has 2 heterocycles. The summed E-state index contributed by atoms with van der Waals surface area (Å²) in [4.78, 5) is 39.4. The summed E-state index contributed by atoms with van der Waals surface area (Å²) in [7, 11) is 0. The Balaban J connectivity index is 1.13. The number of carboxylic acids is 1. The topological polar surface area (TPSA) is 230 Å². The van der Waals surface area contributed by atoms with Crippen LogP contribution in [-0.2, 0) is 33.3 Å². The molecule has 0 spiro atoms. The summed E-state index contributed by atoms with van der Waals surface area (Å²) in [6, 6.07) is 0. The normalized spacial score (nSPS) is 46.4. The number of aliphatic carboxylic acids is 1. The first-order chi connectivity index (χ1) is 25.3. The predicted molar refractivity (Wildman–Crippen MR) is 190 cm³/mol. The fraction of sp³-hybridized carbons (Fsp3) is 0.875. The molecule has 0 unspecified atom stereocenters. The molecule has 2 aliphatic heterocycles. The molecular formula is C40H62O14. The third-order valence-electron chi connectivity index (χ3n) is 14.7. The van der Waals surface area contributed by atoms with Crippen LogP contribution in [0.3, 0.4) is 0 Å². The van der Waals surface area contributed by atoms with Crippen molar-refractivity contribution in [2.45, 2.75) is 161 Å². The number of carbonyl (C=O) groups excluding carboxylic acids is 2. The van der Waals surface area contributed by atoms with Crippen LogP contribution in [-0.4, -0.2) is 121 Å². The molecule has 306 valence electrons. The van der Waals surface area contributed by atoms with Crippen LogP contribution in [0.4, 0.5) is 0 Å². The molecule has 0 amide bonds. The molecule has 14 nitrogen and oxygen atoms in total. The van der Waals surface area contributed by atoms with Gasteiger partial charge in [-0.2, -0.15) is 0 Å². The first-order valence-electron chi connectivity index (χ1n) is 20.1. The lowest BCUT2D eigenvalue weighted by atomic mass is 9.44. The van der Waals surface area contributed by atoms with Gasteiger partial charge in [-0.15, -0.1) is 0 Å². The third-order valence-corrected chi connectivity index (χ3v) is 14.7. The highest BCUT2D eigenvalue weighted by molar-refractivity contribution is 6.00. The summed E-state index contributed by atoms with van der Waals surface area (Å²) in [5.74, 6) is -1.56. The average Bonchev–Trinajstić information content (AvgIpc) is 3.31. The lowest BCUT2D eigenvalue weighted by molar-refractivity contribution is -0.351. The second-order valence-corrected chi connectivity index (χ2v) is 18.1. The number of fused-ring (bicyclic) bond motifs is 5. The van der Waals surface area contributed by atoms with Crippen LogP contribution in [0.1, 0.15) is 99.3 Å². The van der Waals surface area contributed by atoms with Crippen LogP contribution < -0.4 is 0 Å². The van der Waals surface area contributed by atoms with Crippen molar-refractivity contribution in [3.05, 3.63) is 11.3 Å². The Kier molecular flexibility index (Phi) is 12.1. The molecule has 2 saturated heterocycles. The third kappa shape index (κ3) is 7.10. The molecule has 0 bridgehead atoms. The number of Topliss-reactive ketones (excluding diaryl/α,β-unsaturated/α-hetero) is 2. The Morgan fingerprint density at radius 3 is 2.26 bits per heavy atom. The van der Waals surface area contributed by atoms with E-state index in [1.165, 1.54) is 0 Å². The largest absolute Gasteiger partial charge is 0.504 e. The maximum absolute atomic E-state index is 14.0. The van der Waals surface area contributed by atoms with Gasteiger partial charge in [-0.3, -0.25) is 9.59 Å². The minimum absolute atomic E-state index is 0.0510. The van der Waals surface area contributed by atoms with Crippen LogP contribution in [0.15, 0.2) is 11.3 Å². The van der Waals surface area contributed by atoms with Crippen molar-refractivity contribution in [3.8, 4) is 0 Å². The van der Waals surface area contributed by atoms with Crippen LogP contribution in [0.25, 0.3) is 0 Å². The van der Waals surface area contributed by atoms with Crippen molar-refractivity contribution >= 4 is 17.5 Å². The summed E-state index contributed by atoms with van der Waals surface area (Å²) >= 11 is 0. The molecule has 18 atom stereocenters. The van der Waals surface area contributed by atoms with E-state index in [0.717, 1.165) is 44.1 Å². The second-order valence-electron chi connectivity index (χ2n) is 18.1. The summed E-state index contributed by atoms with van der Waals surface area (Å²) in [5.41, 5.74) is 0.108. The predicted octanol–water partition coefficient (Wildman–Crippen LogP) is 2.65. The molecule has 14 heteroatoms. The molecule has 54 heavy (non-hydrogen) atoms. The van der Waals surface area contributed by atoms with Crippen molar-refractivity contribution < 1.29 is 69.1 Å². The summed E-state index contributed by atoms with van der Waals surface area (Å²) in [6.07, 6.45) is -9.03. The van der Waals surface area contributed by atoms with E-state index in [4.69, 9.17) is 18.9 Å². The maximum atomic E-state index is 14.0. The van der Waals surface area contributed by atoms with Gasteiger partial charge in [-0.1, -0.05) is 41.5 Å². The van der Waals surface area contributed by atoms with Gasteiger partial charge in [-0.25, -0.2) is 4.79 Å². The molecule has 0 aromatic rings. The Morgan fingerprint density at radius 2 is 1.61 bits per heavy atom. The zero-order valence-electron chi connectivity index (χ0n) is 32.4. The number of carbonyl (C=O) groups is 3. The maximum Gasteiger partial charge on any atom is 0.335 e. The zero-order chi connectivity index (χ0) is 39.6. The number of carboxylic acid groups (broad SMARTS) is 1. The van der Waals surface area contributed by atoms with Crippen molar-refractivity contribution in [1.29, 1.82) is 0 Å². The SMILES string of the molecule is CC[C@@H](C(=O)C[C@@H](C)C1=C(O)C(=O)[C@@H]2[C@@H]3CC[C@H]4C[C@@H](O[C@@H]5O[C@H](C(=O)O)[C@@H](O)[C@H](O[C@@H]6OC[C@@H](O)[C@H](O)[C@H]6O)[C@H]5O)CC[C@]4(C)[C@H]3CC[C@]12C)C(C)C. The molecule has 0 radical (unpaired) electrons. The highest BCUT2D eigenvalue weighted by Gasteiger charge is 2.64. The van der Waals surface area contributed by atoms with Gasteiger partial charge in [0.1, 0.15) is 42.4 Å². The molecular weight excluding hydrogens is 704 g/mol. The Bertz CT molecular complexity index is 1450. The lowest BCUT2D eigenvalue weighted by Crippen LogP contribution is -2.64. The van der Waals surface area contributed by atoms with Gasteiger partial charge in [0.2, 0.25) is 5.78 Å². The molecule has 7 N–H and O–H groups in total. The minimum Gasteiger partial charge on any atom is -0.504 e. The Hall–Kier alpha value is -2.01. The van der Waals surface area contributed by atoms with E-state index < -0.39 is 79.4 Å². The second kappa shape index (κ2) is 15.7. The Labute approximate surface area is 317 Å². The van der Waals surface area contributed by atoms with Gasteiger partial charge in [0.05, 0.1) is 12.7 Å². The molecule has 5 fully saturated rings. The number of allylic oxidation sites excluding steroid dienone is 2. The number of hydrogen-bond acceptors (Lipinski definition) is 13. The number of rotatable bonds is 11. The van der Waals surface area contributed by atoms with Gasteiger partial charge < -0.3 is 54.7 Å². The van der Waals surface area contributed by atoms with Gasteiger partial charge >= 0.3 is 5.97 Å². The number of aliphatic hydroxyl groups excluding tert-OH is 6. The smallest absolute Gasteiger partial charge is 0.335 e. The Morgan fingerprint density at radius 1 is 0.907 bits per heavy atom. The van der Waals surface area contributed by atoms with Crippen LogP contribution >= 0.6 is 0 Å². The van der Waals surface area contributed by atoms with Crippen LogP contribution in [0.2, 0.25) is 0 Å². The molecule has 6 rings (SSSR count). The number of ketones is 2. The zero-order valence-corrected chi connectivity index (χ0v) is 32.4. The van der Waals surface area contributed by atoms with E-state index in [-0.39, 0.29) is 64.2 Å². The molecule has 6 aliphatic rings. The highest BCUT2D eigenvalue weighted by Crippen LogP contribution is 2.67. The van der Waals surface area contributed by atoms with Crippen LogP contribution in [0, 0.1) is 52.3 Å². The fourth-order valence-electron chi connectivity index (χ4n) is 11.9. The molecule has 0 aromatic carbocycles. The molecule has 0 aromatic heterocycles. The standard InChI is InChI=1S/C40H62O14/c1-7-21(17(2)3)24(41)14-18(4)26-29(44)30(45)27-22-9-8-19-15-20(10-12-39(19,5)23(22)11-13-40(26,27)6)52-38-33(48)34(32(47)35(54-38)36(49)50)53-37-31(46)28(43)25(42)16-51-37/h17-23,25,27-28,31-35,37-38,42-44,46-48H,7-16H2,1-6H3,(H,49,50)/t18-,19+,20+,21-,22-,23+,25-,27+,28+,31-,32+,33-,34+,35+,37+,38-,39+,40-/m1/s1. The van der Waals surface area contributed by atoms with E-state index >= 15 is 0 Å². The highest BCUT2D eigenvalue weighted by atomic mass is 16.7. The quantitative estimate of drug-likeness (QED) is 0.150. The van der Waals surface area contributed by atoms with Gasteiger partial charge in [0.15, 0.2) is 24.4 Å².